The molecule has 9 nitrogen and oxygen atoms in total. The van der Waals surface area contributed by atoms with E-state index in [1.54, 1.807) is 6.20 Å². The van der Waals surface area contributed by atoms with E-state index in [1.807, 2.05) is 71.4 Å². The molecule has 0 saturated carbocycles. The van der Waals surface area contributed by atoms with Gasteiger partial charge in [0.1, 0.15) is 23.8 Å². The highest BCUT2D eigenvalue weighted by Crippen LogP contribution is 2.19. The molecule has 0 aliphatic carbocycles. The fraction of sp³-hybridized carbons (Fsp3) is 0.308. The number of pyridine rings is 1. The van der Waals surface area contributed by atoms with Gasteiger partial charge in [0, 0.05) is 32.1 Å². The number of likely N-dealkylation sites (tertiary alicyclic amines) is 1. The van der Waals surface area contributed by atoms with Crippen molar-refractivity contribution in [2.75, 3.05) is 32.6 Å². The van der Waals surface area contributed by atoms with Crippen molar-refractivity contribution in [1.29, 1.82) is 0 Å². The van der Waals surface area contributed by atoms with Crippen LogP contribution in [0.15, 0.2) is 73.2 Å². The van der Waals surface area contributed by atoms with Gasteiger partial charge in [0.15, 0.2) is 5.82 Å². The van der Waals surface area contributed by atoms with Gasteiger partial charge >= 0.3 is 0 Å². The van der Waals surface area contributed by atoms with Gasteiger partial charge in [-0.25, -0.2) is 15.0 Å². The zero-order chi connectivity index (χ0) is 24.9. The number of nitrogens with one attached hydrogen (secondary N) is 1. The summed E-state index contributed by atoms with van der Waals surface area (Å²) in [5.41, 5.74) is 2.82. The number of anilines is 1. The van der Waals surface area contributed by atoms with Crippen LogP contribution in [-0.4, -0.2) is 69.1 Å². The van der Waals surface area contributed by atoms with Gasteiger partial charge in [-0.2, -0.15) is 0 Å². The second-order valence-corrected chi connectivity index (χ2v) is 7.98. The average Bonchev–Trinajstić information content (AvgIpc) is 3.34. The fourth-order valence-electron chi connectivity index (χ4n) is 3.86. The number of hydrogen-bond acceptors (Lipinski definition) is 8. The summed E-state index contributed by atoms with van der Waals surface area (Å²) in [6.07, 6.45) is 8.01. The Balaban J connectivity index is 0.000000240. The number of hydrogen-bond donors (Lipinski definition) is 2. The molecule has 9 heteroatoms. The minimum absolute atomic E-state index is 0.365. The third-order valence-corrected chi connectivity index (χ3v) is 5.44. The van der Waals surface area contributed by atoms with Crippen molar-refractivity contribution in [1.82, 2.24) is 24.3 Å². The summed E-state index contributed by atoms with van der Waals surface area (Å²) in [5.74, 6) is 1.57. The minimum atomic E-state index is 0.365. The normalized spacial score (nSPS) is 15.2. The van der Waals surface area contributed by atoms with Crippen molar-refractivity contribution >= 4 is 17.9 Å². The van der Waals surface area contributed by atoms with Crippen LogP contribution in [0.2, 0.25) is 0 Å². The van der Waals surface area contributed by atoms with Crippen LogP contribution in [0.4, 0.5) is 5.82 Å². The van der Waals surface area contributed by atoms with Crippen LogP contribution in [0.3, 0.4) is 0 Å². The lowest BCUT2D eigenvalue weighted by Crippen LogP contribution is -2.39. The summed E-state index contributed by atoms with van der Waals surface area (Å²) < 4.78 is 6.55. The third-order valence-electron chi connectivity index (χ3n) is 5.44. The summed E-state index contributed by atoms with van der Waals surface area (Å²) in [7, 11) is 3.16. The fourth-order valence-corrected chi connectivity index (χ4v) is 3.86. The molecular formula is C26H32N6O3. The number of fused-ring (bicyclic) bond motifs is 1. The van der Waals surface area contributed by atoms with E-state index < -0.39 is 0 Å². The third kappa shape index (κ3) is 7.59. The molecule has 1 aliphatic heterocycles. The Hall–Kier alpha value is -3.82. The highest BCUT2D eigenvalue weighted by molar-refractivity contribution is 5.58. The molecule has 0 spiro atoms. The van der Waals surface area contributed by atoms with E-state index in [4.69, 9.17) is 5.11 Å². The summed E-state index contributed by atoms with van der Waals surface area (Å²) >= 11 is 0. The number of aromatic nitrogens is 4. The highest BCUT2D eigenvalue weighted by Gasteiger charge is 2.17. The Morgan fingerprint density at radius 3 is 2.69 bits per heavy atom. The van der Waals surface area contributed by atoms with Gasteiger partial charge in [-0.05, 0) is 50.2 Å². The van der Waals surface area contributed by atoms with Crippen LogP contribution in [0.1, 0.15) is 18.4 Å². The number of nitrogens with zero attached hydrogens (tertiary/aromatic N) is 5. The zero-order valence-electron chi connectivity index (χ0n) is 20.1. The minimum Gasteiger partial charge on any atom is -0.463 e. The van der Waals surface area contributed by atoms with Crippen molar-refractivity contribution < 1.29 is 14.6 Å². The lowest BCUT2D eigenvalue weighted by molar-refractivity contribution is -0.129. The smallest absolute Gasteiger partial charge is 0.293 e. The SMILES string of the molecule is CN1CCCC(Nc2ccnc(-c3cnc4ccccn34)n2)C1.CO.O=COCc1ccccc1. The Bertz CT molecular complexity index is 1170. The maximum atomic E-state index is 9.76. The largest absolute Gasteiger partial charge is 0.463 e. The Kier molecular flexibility index (Phi) is 10.2. The molecule has 4 heterocycles. The van der Waals surface area contributed by atoms with Gasteiger partial charge in [0.05, 0.1) is 6.20 Å². The van der Waals surface area contributed by atoms with E-state index in [9.17, 15) is 4.79 Å². The monoisotopic (exact) mass is 476 g/mol. The van der Waals surface area contributed by atoms with Crippen LogP contribution in [-0.2, 0) is 16.1 Å². The molecular weight excluding hydrogens is 444 g/mol. The molecule has 0 amide bonds. The number of ether oxygens (including phenoxy) is 1. The number of aliphatic hydroxyl groups excluding tert-OH is 1. The average molecular weight is 477 g/mol. The van der Waals surface area contributed by atoms with Gasteiger partial charge in [-0.1, -0.05) is 36.4 Å². The molecule has 1 saturated heterocycles. The number of rotatable bonds is 6. The molecule has 0 bridgehead atoms. The number of imidazole rings is 1. The standard InChI is InChI=1S/C17H20N6.C8H8O2.CH4O/c1-22-9-4-5-13(12-22)20-15-7-8-18-17(21-15)14-11-19-16-6-2-3-10-23(14)16;9-7-10-6-8-4-2-1-3-5-8;1-2/h2-3,6-8,10-11,13H,4-5,9,12H2,1H3,(H,18,20,21);1-5,7H,6H2;2H,1H3. The van der Waals surface area contributed by atoms with Gasteiger partial charge in [0.25, 0.3) is 6.47 Å². The summed E-state index contributed by atoms with van der Waals surface area (Å²) in [6.45, 7) is 3.04. The molecule has 4 aromatic rings. The first-order chi connectivity index (χ1) is 17.2. The first-order valence-corrected chi connectivity index (χ1v) is 11.5. The van der Waals surface area contributed by atoms with Gasteiger partial charge in [0.2, 0.25) is 0 Å². The van der Waals surface area contributed by atoms with E-state index in [2.05, 4.69) is 37.0 Å². The second kappa shape index (κ2) is 13.8. The molecule has 3 aromatic heterocycles. The molecule has 2 N–H and O–H groups in total. The lowest BCUT2D eigenvalue weighted by Gasteiger charge is -2.30. The molecule has 1 fully saturated rings. The van der Waals surface area contributed by atoms with E-state index in [0.717, 1.165) is 36.4 Å². The van der Waals surface area contributed by atoms with Crippen LogP contribution in [0, 0.1) is 0 Å². The lowest BCUT2D eigenvalue weighted by atomic mass is 10.1. The van der Waals surface area contributed by atoms with Gasteiger partial charge < -0.3 is 20.1 Å². The van der Waals surface area contributed by atoms with Crippen LogP contribution in [0.25, 0.3) is 17.2 Å². The molecule has 184 valence electrons. The van der Waals surface area contributed by atoms with Crippen molar-refractivity contribution in [3.05, 3.63) is 78.8 Å². The quantitative estimate of drug-likeness (QED) is 0.409. The molecule has 1 aliphatic rings. The molecule has 1 aromatic carbocycles. The maximum Gasteiger partial charge on any atom is 0.293 e. The van der Waals surface area contributed by atoms with E-state index in [0.29, 0.717) is 24.9 Å². The highest BCUT2D eigenvalue weighted by atomic mass is 16.5. The summed E-state index contributed by atoms with van der Waals surface area (Å²) in [6, 6.07) is 17.9. The van der Waals surface area contributed by atoms with Gasteiger partial charge in [-0.3, -0.25) is 9.20 Å². The first-order valence-electron chi connectivity index (χ1n) is 11.5. The number of likely N-dealkylation sites (N-methyl/N-ethyl adjacent to an activating group) is 1. The molecule has 1 atom stereocenters. The van der Waals surface area contributed by atoms with E-state index in [1.165, 1.54) is 19.4 Å². The van der Waals surface area contributed by atoms with Gasteiger partial charge in [-0.15, -0.1) is 0 Å². The van der Waals surface area contributed by atoms with Crippen molar-refractivity contribution in [2.45, 2.75) is 25.5 Å². The molecule has 5 rings (SSSR count). The molecule has 1 unspecified atom stereocenters. The first kappa shape index (κ1) is 25.8. The maximum absolute atomic E-state index is 9.76. The van der Waals surface area contributed by atoms with Crippen LogP contribution >= 0.6 is 0 Å². The Morgan fingerprint density at radius 2 is 1.91 bits per heavy atom. The predicted octanol–water partition coefficient (Wildman–Crippen LogP) is 3.27. The van der Waals surface area contributed by atoms with E-state index in [-0.39, 0.29) is 0 Å². The summed E-state index contributed by atoms with van der Waals surface area (Å²) in [5, 5.41) is 10.5. The van der Waals surface area contributed by atoms with Crippen molar-refractivity contribution in [3.8, 4) is 11.5 Å². The molecule has 0 radical (unpaired) electrons. The number of piperidine rings is 1. The number of carbonyl (C=O) groups excluding carboxylic acids is 1. The van der Waals surface area contributed by atoms with Crippen molar-refractivity contribution in [2.24, 2.45) is 0 Å². The number of benzene rings is 1. The predicted molar refractivity (Wildman–Crippen MR) is 136 cm³/mol. The van der Waals surface area contributed by atoms with Crippen LogP contribution < -0.4 is 5.32 Å². The number of aliphatic hydroxyl groups is 1. The Labute approximate surface area is 205 Å². The van der Waals surface area contributed by atoms with E-state index >= 15 is 0 Å². The number of carbonyl (C=O) groups is 1. The second-order valence-electron chi connectivity index (χ2n) is 7.98. The topological polar surface area (TPSA) is 105 Å². The zero-order valence-corrected chi connectivity index (χ0v) is 20.1. The van der Waals surface area contributed by atoms with Crippen LogP contribution in [0.5, 0.6) is 0 Å². The summed E-state index contributed by atoms with van der Waals surface area (Å²) in [4.78, 5) is 25.6. The Morgan fingerprint density at radius 1 is 1.11 bits per heavy atom. The molecule has 35 heavy (non-hydrogen) atoms. The van der Waals surface area contributed by atoms with Crippen molar-refractivity contribution in [3.63, 3.8) is 0 Å².